The number of halogens is 1. The highest BCUT2D eigenvalue weighted by molar-refractivity contribution is 6.34. The van der Waals surface area contributed by atoms with Gasteiger partial charge >= 0.3 is 0 Å². The Balaban J connectivity index is 2.31. The van der Waals surface area contributed by atoms with Gasteiger partial charge in [-0.3, -0.25) is 9.59 Å². The van der Waals surface area contributed by atoms with E-state index in [2.05, 4.69) is 12.2 Å². The Morgan fingerprint density at radius 1 is 1.41 bits per heavy atom. The molecule has 1 aliphatic heterocycles. The number of amides is 2. The van der Waals surface area contributed by atoms with E-state index in [0.717, 1.165) is 25.9 Å². The monoisotopic (exact) mass is 324 g/mol. The number of piperidine rings is 1. The summed E-state index contributed by atoms with van der Waals surface area (Å²) in [5.41, 5.74) is 0.866. The zero-order chi connectivity index (χ0) is 16.3. The Bertz CT molecular complexity index is 589. The van der Waals surface area contributed by atoms with Crippen LogP contribution in [-0.2, 0) is 4.79 Å². The zero-order valence-electron chi connectivity index (χ0n) is 13.1. The van der Waals surface area contributed by atoms with Gasteiger partial charge in [-0.15, -0.1) is 0 Å². The number of nitrogens with one attached hydrogen (secondary N) is 1. The molecule has 1 N–H and O–H groups in total. The highest BCUT2D eigenvalue weighted by Gasteiger charge is 2.25. The van der Waals surface area contributed by atoms with Crippen molar-refractivity contribution in [1.29, 1.82) is 0 Å². The second-order valence-corrected chi connectivity index (χ2v) is 6.12. The largest absolute Gasteiger partial charge is 0.496 e. The summed E-state index contributed by atoms with van der Waals surface area (Å²) >= 11 is 6.17. The van der Waals surface area contributed by atoms with Crippen molar-refractivity contribution in [3.63, 3.8) is 0 Å². The predicted molar refractivity (Wildman–Crippen MR) is 86.6 cm³/mol. The van der Waals surface area contributed by atoms with Gasteiger partial charge in [0.05, 0.1) is 23.4 Å². The van der Waals surface area contributed by atoms with Crippen molar-refractivity contribution in [3.8, 4) is 5.75 Å². The molecule has 1 aliphatic rings. The highest BCUT2D eigenvalue weighted by Crippen LogP contribution is 2.32. The first kappa shape index (κ1) is 16.6. The molecule has 2 rings (SSSR count). The quantitative estimate of drug-likeness (QED) is 0.929. The van der Waals surface area contributed by atoms with Gasteiger partial charge in [-0.05, 0) is 24.8 Å². The Morgan fingerprint density at radius 3 is 2.73 bits per heavy atom. The molecule has 1 atom stereocenters. The first-order valence-electron chi connectivity index (χ1n) is 7.36. The normalized spacial score (nSPS) is 18.0. The number of likely N-dealkylation sites (tertiary alicyclic amines) is 1. The van der Waals surface area contributed by atoms with Crippen LogP contribution in [0.3, 0.4) is 0 Å². The second-order valence-electron chi connectivity index (χ2n) is 5.71. The molecule has 22 heavy (non-hydrogen) atoms. The summed E-state index contributed by atoms with van der Waals surface area (Å²) in [6.07, 6.45) is 2.15. The number of anilines is 1. The molecule has 0 aromatic heterocycles. The SMILES string of the molecule is COc1cc(NC(C)=O)c(Cl)cc1C(=O)N1CCCC(C)C1. The average Bonchev–Trinajstić information content (AvgIpc) is 2.47. The maximum Gasteiger partial charge on any atom is 0.257 e. The summed E-state index contributed by atoms with van der Waals surface area (Å²) in [6, 6.07) is 3.15. The van der Waals surface area contributed by atoms with Gasteiger partial charge in [0.25, 0.3) is 5.91 Å². The van der Waals surface area contributed by atoms with E-state index in [-0.39, 0.29) is 11.8 Å². The van der Waals surface area contributed by atoms with Crippen LogP contribution in [0.15, 0.2) is 12.1 Å². The minimum Gasteiger partial charge on any atom is -0.496 e. The van der Waals surface area contributed by atoms with E-state index in [1.807, 2.05) is 4.90 Å². The van der Waals surface area contributed by atoms with Crippen LogP contribution in [0.25, 0.3) is 0 Å². The van der Waals surface area contributed by atoms with Crippen LogP contribution in [-0.4, -0.2) is 36.9 Å². The van der Waals surface area contributed by atoms with Crippen molar-refractivity contribution < 1.29 is 14.3 Å². The molecule has 5 nitrogen and oxygen atoms in total. The molecular weight excluding hydrogens is 304 g/mol. The van der Waals surface area contributed by atoms with E-state index in [9.17, 15) is 9.59 Å². The first-order chi connectivity index (χ1) is 10.4. The molecule has 6 heteroatoms. The number of carbonyl (C=O) groups is 2. The molecular formula is C16H21ClN2O3. The first-order valence-corrected chi connectivity index (χ1v) is 7.74. The maximum atomic E-state index is 12.7. The van der Waals surface area contributed by atoms with E-state index in [1.54, 1.807) is 12.1 Å². The molecule has 0 bridgehead atoms. The van der Waals surface area contributed by atoms with Gasteiger partial charge in [-0.25, -0.2) is 0 Å². The van der Waals surface area contributed by atoms with Crippen LogP contribution >= 0.6 is 11.6 Å². The van der Waals surface area contributed by atoms with Gasteiger partial charge < -0.3 is 15.0 Å². The molecule has 1 fully saturated rings. The number of benzene rings is 1. The van der Waals surface area contributed by atoms with Gasteiger partial charge in [0.15, 0.2) is 0 Å². The van der Waals surface area contributed by atoms with Crippen molar-refractivity contribution >= 4 is 29.1 Å². The van der Waals surface area contributed by atoms with E-state index in [0.29, 0.717) is 27.9 Å². The fraction of sp³-hybridized carbons (Fsp3) is 0.500. The number of hydrogen-bond donors (Lipinski definition) is 1. The average molecular weight is 325 g/mol. The molecule has 0 spiro atoms. The lowest BCUT2D eigenvalue weighted by atomic mass is 9.99. The molecule has 0 aliphatic carbocycles. The Labute approximate surface area is 135 Å². The molecule has 2 amide bonds. The Morgan fingerprint density at radius 2 is 2.14 bits per heavy atom. The summed E-state index contributed by atoms with van der Waals surface area (Å²) in [7, 11) is 1.50. The molecule has 1 unspecified atom stereocenters. The van der Waals surface area contributed by atoms with Crippen LogP contribution in [0.4, 0.5) is 5.69 Å². The van der Waals surface area contributed by atoms with E-state index in [1.165, 1.54) is 14.0 Å². The van der Waals surface area contributed by atoms with Crippen molar-refractivity contribution in [1.82, 2.24) is 4.90 Å². The lowest BCUT2D eigenvalue weighted by Crippen LogP contribution is -2.39. The van der Waals surface area contributed by atoms with E-state index < -0.39 is 0 Å². The van der Waals surface area contributed by atoms with Gasteiger partial charge in [0.1, 0.15) is 5.75 Å². The van der Waals surface area contributed by atoms with Crippen LogP contribution in [0.5, 0.6) is 5.75 Å². The number of carbonyl (C=O) groups excluding carboxylic acids is 2. The van der Waals surface area contributed by atoms with E-state index >= 15 is 0 Å². The number of nitrogens with zero attached hydrogens (tertiary/aromatic N) is 1. The van der Waals surface area contributed by atoms with Gasteiger partial charge in [-0.1, -0.05) is 18.5 Å². The molecule has 1 saturated heterocycles. The number of methoxy groups -OCH3 is 1. The third-order valence-corrected chi connectivity index (χ3v) is 4.09. The Hall–Kier alpha value is -1.75. The van der Waals surface area contributed by atoms with Crippen LogP contribution in [0, 0.1) is 5.92 Å². The van der Waals surface area contributed by atoms with Crippen molar-refractivity contribution in [3.05, 3.63) is 22.7 Å². The lowest BCUT2D eigenvalue weighted by molar-refractivity contribution is -0.114. The van der Waals surface area contributed by atoms with Crippen LogP contribution in [0.1, 0.15) is 37.0 Å². The summed E-state index contributed by atoms with van der Waals surface area (Å²) in [5, 5.41) is 2.95. The molecule has 1 aromatic rings. The van der Waals surface area contributed by atoms with Crippen molar-refractivity contribution in [2.75, 3.05) is 25.5 Å². The summed E-state index contributed by atoms with van der Waals surface area (Å²) in [5.74, 6) is 0.599. The van der Waals surface area contributed by atoms with Gasteiger partial charge in [-0.2, -0.15) is 0 Å². The lowest BCUT2D eigenvalue weighted by Gasteiger charge is -2.31. The minimum atomic E-state index is -0.229. The number of rotatable bonds is 3. The smallest absolute Gasteiger partial charge is 0.257 e. The van der Waals surface area contributed by atoms with Crippen molar-refractivity contribution in [2.45, 2.75) is 26.7 Å². The van der Waals surface area contributed by atoms with E-state index in [4.69, 9.17) is 16.3 Å². The Kier molecular flexibility index (Phi) is 5.29. The maximum absolute atomic E-state index is 12.7. The molecule has 1 aromatic carbocycles. The van der Waals surface area contributed by atoms with Crippen molar-refractivity contribution in [2.24, 2.45) is 5.92 Å². The van der Waals surface area contributed by atoms with Gasteiger partial charge in [0, 0.05) is 26.1 Å². The van der Waals surface area contributed by atoms with Gasteiger partial charge in [0.2, 0.25) is 5.91 Å². The topological polar surface area (TPSA) is 58.6 Å². The third-order valence-electron chi connectivity index (χ3n) is 3.77. The highest BCUT2D eigenvalue weighted by atomic mass is 35.5. The van der Waals surface area contributed by atoms with Crippen LogP contribution in [0.2, 0.25) is 5.02 Å². The second kappa shape index (κ2) is 7.01. The zero-order valence-corrected chi connectivity index (χ0v) is 13.9. The molecule has 120 valence electrons. The summed E-state index contributed by atoms with van der Waals surface area (Å²) in [6.45, 7) is 5.03. The minimum absolute atomic E-state index is 0.0836. The van der Waals surface area contributed by atoms with Crippen LogP contribution < -0.4 is 10.1 Å². The molecule has 0 radical (unpaired) electrons. The number of hydrogen-bond acceptors (Lipinski definition) is 3. The predicted octanol–water partition coefficient (Wildman–Crippen LogP) is 3.18. The fourth-order valence-electron chi connectivity index (χ4n) is 2.72. The molecule has 1 heterocycles. The summed E-state index contributed by atoms with van der Waals surface area (Å²) < 4.78 is 5.30. The summed E-state index contributed by atoms with van der Waals surface area (Å²) in [4.78, 5) is 25.7. The number of ether oxygens (including phenoxy) is 1. The standard InChI is InChI=1S/C16H21ClN2O3/c1-10-5-4-6-19(9-10)16(21)12-7-13(17)14(18-11(2)20)8-15(12)22-3/h7-8,10H,4-6,9H2,1-3H3,(H,18,20). The third kappa shape index (κ3) is 3.71. The fourth-order valence-corrected chi connectivity index (χ4v) is 2.93. The molecule has 0 saturated carbocycles.